The Morgan fingerprint density at radius 2 is 1.76 bits per heavy atom. The Bertz CT molecular complexity index is 890. The number of nitrogens with two attached hydrogens (primary N) is 1. The number of benzene rings is 2. The van der Waals surface area contributed by atoms with Gasteiger partial charge < -0.3 is 5.73 Å². The molecule has 1 aromatic heterocycles. The number of carbonyl (C=O) groups is 1. The van der Waals surface area contributed by atoms with E-state index in [2.05, 4.69) is 10.2 Å². The van der Waals surface area contributed by atoms with E-state index in [0.717, 1.165) is 11.3 Å². The molecule has 2 N–H and O–H groups in total. The van der Waals surface area contributed by atoms with Crippen molar-refractivity contribution in [3.05, 3.63) is 59.1 Å². The summed E-state index contributed by atoms with van der Waals surface area (Å²) in [7, 11) is 0. The number of aryl methyl sites for hydroxylation is 1. The summed E-state index contributed by atoms with van der Waals surface area (Å²) >= 11 is 7.28. The Balaban J connectivity index is 2.12. The van der Waals surface area contributed by atoms with Crippen molar-refractivity contribution in [3.63, 3.8) is 0 Å². The Morgan fingerprint density at radius 3 is 2.36 bits per heavy atom. The van der Waals surface area contributed by atoms with Gasteiger partial charge in [-0.05, 0) is 38.1 Å². The first-order valence-corrected chi connectivity index (χ1v) is 8.96. The zero-order valence-corrected chi connectivity index (χ0v) is 15.4. The molecule has 3 rings (SSSR count). The van der Waals surface area contributed by atoms with Crippen LogP contribution in [0.5, 0.6) is 0 Å². The third-order valence-electron chi connectivity index (χ3n) is 3.71. The minimum atomic E-state index is -0.416. The molecular formula is C18H17ClN4OS. The van der Waals surface area contributed by atoms with Crippen molar-refractivity contribution in [2.45, 2.75) is 24.3 Å². The van der Waals surface area contributed by atoms with Crippen molar-refractivity contribution >= 4 is 29.3 Å². The molecule has 0 aliphatic carbocycles. The Hall–Kier alpha value is -2.31. The van der Waals surface area contributed by atoms with Crippen LogP contribution in [0, 0.1) is 6.92 Å². The summed E-state index contributed by atoms with van der Waals surface area (Å²) in [6.45, 7) is 3.78. The minimum absolute atomic E-state index is 0.396. The molecule has 7 heteroatoms. The van der Waals surface area contributed by atoms with E-state index in [1.54, 1.807) is 6.92 Å². The van der Waals surface area contributed by atoms with Crippen LogP contribution in [0.1, 0.15) is 12.5 Å². The predicted octanol–water partition coefficient (Wildman–Crippen LogP) is 3.86. The summed E-state index contributed by atoms with van der Waals surface area (Å²) in [5, 5.41) is 9.44. The number of hydrogen-bond donors (Lipinski definition) is 1. The molecule has 0 saturated carbocycles. The van der Waals surface area contributed by atoms with Gasteiger partial charge in [-0.2, -0.15) is 0 Å². The number of hydrogen-bond acceptors (Lipinski definition) is 4. The molecule has 0 spiro atoms. The highest BCUT2D eigenvalue weighted by atomic mass is 35.5. The first kappa shape index (κ1) is 17.5. The SMILES string of the molecule is Cc1ccc(-c2nnc(S[C@@H](C)C(N)=O)n2-c2ccc(Cl)cc2)cc1. The van der Waals surface area contributed by atoms with Crippen LogP contribution in [-0.4, -0.2) is 25.9 Å². The second kappa shape index (κ2) is 7.29. The highest BCUT2D eigenvalue weighted by Gasteiger charge is 2.20. The molecule has 5 nitrogen and oxygen atoms in total. The molecule has 0 bridgehead atoms. The fourth-order valence-electron chi connectivity index (χ4n) is 2.27. The maximum Gasteiger partial charge on any atom is 0.230 e. The molecule has 1 atom stereocenters. The largest absolute Gasteiger partial charge is 0.369 e. The molecule has 0 saturated heterocycles. The van der Waals surface area contributed by atoms with Gasteiger partial charge in [0.25, 0.3) is 0 Å². The van der Waals surface area contributed by atoms with E-state index in [-0.39, 0.29) is 0 Å². The summed E-state index contributed by atoms with van der Waals surface area (Å²) in [4.78, 5) is 11.4. The molecule has 1 amide bonds. The molecule has 128 valence electrons. The smallest absolute Gasteiger partial charge is 0.230 e. The van der Waals surface area contributed by atoms with E-state index < -0.39 is 11.2 Å². The van der Waals surface area contributed by atoms with Gasteiger partial charge in [0.15, 0.2) is 11.0 Å². The van der Waals surface area contributed by atoms with E-state index in [4.69, 9.17) is 17.3 Å². The Kier molecular flexibility index (Phi) is 5.11. The van der Waals surface area contributed by atoms with Gasteiger partial charge >= 0.3 is 0 Å². The standard InChI is InChI=1S/C18H17ClN4OS/c1-11-3-5-13(6-4-11)17-21-22-18(25-12(2)16(20)24)23(17)15-9-7-14(19)8-10-15/h3-10,12H,1-2H3,(H2,20,24)/t12-/m0/s1. The molecule has 0 aliphatic rings. The number of thioether (sulfide) groups is 1. The third-order valence-corrected chi connectivity index (χ3v) is 5.02. The van der Waals surface area contributed by atoms with Gasteiger partial charge in [0.05, 0.1) is 5.25 Å². The number of primary amides is 1. The second-order valence-corrected chi connectivity index (χ2v) is 7.39. The lowest BCUT2D eigenvalue weighted by Gasteiger charge is -2.12. The van der Waals surface area contributed by atoms with Crippen molar-refractivity contribution in [3.8, 4) is 17.1 Å². The van der Waals surface area contributed by atoms with E-state index >= 15 is 0 Å². The zero-order chi connectivity index (χ0) is 18.0. The van der Waals surface area contributed by atoms with Crippen molar-refractivity contribution in [2.75, 3.05) is 0 Å². The van der Waals surface area contributed by atoms with Crippen LogP contribution in [0.2, 0.25) is 5.02 Å². The number of rotatable bonds is 5. The average molecular weight is 373 g/mol. The average Bonchev–Trinajstić information content (AvgIpc) is 2.99. The van der Waals surface area contributed by atoms with Crippen LogP contribution in [-0.2, 0) is 4.79 Å². The van der Waals surface area contributed by atoms with Gasteiger partial charge in [0, 0.05) is 16.3 Å². The van der Waals surface area contributed by atoms with Gasteiger partial charge in [-0.25, -0.2) is 0 Å². The molecule has 25 heavy (non-hydrogen) atoms. The number of amides is 1. The number of carbonyl (C=O) groups excluding carboxylic acids is 1. The molecule has 0 aliphatic heterocycles. The molecule has 1 heterocycles. The van der Waals surface area contributed by atoms with Crippen LogP contribution in [0.25, 0.3) is 17.1 Å². The van der Waals surface area contributed by atoms with E-state index in [1.165, 1.54) is 17.3 Å². The maximum absolute atomic E-state index is 11.4. The molecule has 2 aromatic carbocycles. The third kappa shape index (κ3) is 3.86. The van der Waals surface area contributed by atoms with Crippen molar-refractivity contribution in [1.82, 2.24) is 14.8 Å². The topological polar surface area (TPSA) is 73.8 Å². The number of aromatic nitrogens is 3. The lowest BCUT2D eigenvalue weighted by atomic mass is 10.1. The fraction of sp³-hybridized carbons (Fsp3) is 0.167. The van der Waals surface area contributed by atoms with E-state index in [1.807, 2.05) is 60.0 Å². The Morgan fingerprint density at radius 1 is 1.12 bits per heavy atom. The van der Waals surface area contributed by atoms with Gasteiger partial charge in [0.2, 0.25) is 5.91 Å². The number of nitrogens with zero attached hydrogens (tertiary/aromatic N) is 3. The van der Waals surface area contributed by atoms with Crippen LogP contribution >= 0.6 is 23.4 Å². The molecule has 3 aromatic rings. The summed E-state index contributed by atoms with van der Waals surface area (Å²) < 4.78 is 1.91. The second-order valence-electron chi connectivity index (χ2n) is 5.65. The lowest BCUT2D eigenvalue weighted by molar-refractivity contribution is -0.117. The number of halogens is 1. The summed E-state index contributed by atoms with van der Waals surface area (Å²) in [6, 6.07) is 15.4. The summed E-state index contributed by atoms with van der Waals surface area (Å²) in [5.74, 6) is 0.300. The molecule has 0 unspecified atom stereocenters. The predicted molar refractivity (Wildman–Crippen MR) is 101 cm³/mol. The normalized spacial score (nSPS) is 12.1. The maximum atomic E-state index is 11.4. The van der Waals surface area contributed by atoms with Gasteiger partial charge in [-0.3, -0.25) is 9.36 Å². The van der Waals surface area contributed by atoms with Crippen molar-refractivity contribution in [1.29, 1.82) is 0 Å². The molecule has 0 radical (unpaired) electrons. The highest BCUT2D eigenvalue weighted by Crippen LogP contribution is 2.30. The monoisotopic (exact) mass is 372 g/mol. The summed E-state index contributed by atoms with van der Waals surface area (Å²) in [6.07, 6.45) is 0. The van der Waals surface area contributed by atoms with E-state index in [0.29, 0.717) is 16.0 Å². The highest BCUT2D eigenvalue weighted by molar-refractivity contribution is 8.00. The fourth-order valence-corrected chi connectivity index (χ4v) is 3.22. The summed E-state index contributed by atoms with van der Waals surface area (Å²) in [5.41, 5.74) is 8.36. The zero-order valence-electron chi connectivity index (χ0n) is 13.8. The van der Waals surface area contributed by atoms with Crippen LogP contribution in [0.15, 0.2) is 53.7 Å². The van der Waals surface area contributed by atoms with Crippen molar-refractivity contribution in [2.24, 2.45) is 5.73 Å². The van der Waals surface area contributed by atoms with Crippen LogP contribution in [0.3, 0.4) is 0 Å². The first-order chi connectivity index (χ1) is 12.0. The molecule has 0 fully saturated rings. The van der Waals surface area contributed by atoms with Gasteiger partial charge in [-0.1, -0.05) is 53.2 Å². The Labute approximate surface area is 155 Å². The van der Waals surface area contributed by atoms with Crippen molar-refractivity contribution < 1.29 is 4.79 Å². The van der Waals surface area contributed by atoms with Crippen LogP contribution in [0.4, 0.5) is 0 Å². The van der Waals surface area contributed by atoms with Gasteiger partial charge in [-0.15, -0.1) is 10.2 Å². The molecular weight excluding hydrogens is 356 g/mol. The quantitative estimate of drug-likeness (QED) is 0.690. The first-order valence-electron chi connectivity index (χ1n) is 7.70. The van der Waals surface area contributed by atoms with Crippen LogP contribution < -0.4 is 5.73 Å². The lowest BCUT2D eigenvalue weighted by Crippen LogP contribution is -2.23. The van der Waals surface area contributed by atoms with Gasteiger partial charge in [0.1, 0.15) is 0 Å². The van der Waals surface area contributed by atoms with E-state index in [9.17, 15) is 4.79 Å². The minimum Gasteiger partial charge on any atom is -0.369 e.